The summed E-state index contributed by atoms with van der Waals surface area (Å²) in [6.45, 7) is 1.35. The average Bonchev–Trinajstić information content (AvgIpc) is 2.94. The van der Waals surface area contributed by atoms with Gasteiger partial charge in [0.15, 0.2) is 0 Å². The zero-order valence-corrected chi connectivity index (χ0v) is 17.6. The second-order valence-corrected chi connectivity index (χ2v) is 9.35. The number of ether oxygens (including phenoxy) is 1. The number of amides is 3. The molecule has 0 spiro atoms. The first-order valence-electron chi connectivity index (χ1n) is 9.31. The van der Waals surface area contributed by atoms with Crippen molar-refractivity contribution in [1.82, 2.24) is 4.90 Å². The molecule has 3 rings (SSSR count). The molecule has 0 unspecified atom stereocenters. The minimum absolute atomic E-state index is 0.111. The number of imide groups is 1. The summed E-state index contributed by atoms with van der Waals surface area (Å²) in [4.78, 5) is 50.3. The Bertz CT molecular complexity index is 1120. The van der Waals surface area contributed by atoms with Gasteiger partial charge >= 0.3 is 5.97 Å². The maximum absolute atomic E-state index is 12.9. The van der Waals surface area contributed by atoms with Gasteiger partial charge in [0.1, 0.15) is 21.6 Å². The van der Waals surface area contributed by atoms with E-state index in [0.29, 0.717) is 5.69 Å². The highest BCUT2D eigenvalue weighted by molar-refractivity contribution is 7.90. The molecule has 0 bridgehead atoms. The highest BCUT2D eigenvalue weighted by Crippen LogP contribution is 2.27. The molecule has 3 amide bonds. The fraction of sp³-hybridized carbons (Fsp3) is 0.238. The van der Waals surface area contributed by atoms with Crippen LogP contribution in [-0.4, -0.2) is 55.1 Å². The first kappa shape index (κ1) is 22.2. The summed E-state index contributed by atoms with van der Waals surface area (Å²) in [6.07, 6.45) is 0.700. The van der Waals surface area contributed by atoms with Crippen LogP contribution in [0.1, 0.15) is 34.1 Å². The lowest BCUT2D eigenvalue weighted by molar-refractivity contribution is -0.138. The van der Waals surface area contributed by atoms with Gasteiger partial charge in [0.05, 0.1) is 16.9 Å². The van der Waals surface area contributed by atoms with Crippen molar-refractivity contribution >= 4 is 39.2 Å². The molecule has 2 aromatic carbocycles. The summed E-state index contributed by atoms with van der Waals surface area (Å²) in [6, 6.07) is 10.6. The molecule has 1 aliphatic rings. The number of esters is 1. The van der Waals surface area contributed by atoms with Crippen LogP contribution in [0.4, 0.5) is 5.69 Å². The normalized spacial score (nSPS) is 14.2. The van der Waals surface area contributed by atoms with E-state index in [1.807, 2.05) is 0 Å². The van der Waals surface area contributed by atoms with Crippen molar-refractivity contribution in [1.29, 1.82) is 0 Å². The van der Waals surface area contributed by atoms with Gasteiger partial charge in [0.2, 0.25) is 5.91 Å². The fourth-order valence-corrected chi connectivity index (χ4v) is 3.81. The predicted molar refractivity (Wildman–Crippen MR) is 111 cm³/mol. The molecule has 1 aliphatic heterocycles. The zero-order valence-electron chi connectivity index (χ0n) is 16.8. The third kappa shape index (κ3) is 5.15. The summed E-state index contributed by atoms with van der Waals surface area (Å²) < 4.78 is 28.6. The van der Waals surface area contributed by atoms with E-state index in [4.69, 9.17) is 4.74 Å². The maximum Gasteiger partial charge on any atom is 0.334 e. The fourth-order valence-electron chi connectivity index (χ4n) is 3.16. The molecule has 1 N–H and O–H groups in total. The third-order valence-corrected chi connectivity index (χ3v) is 5.54. The molecule has 10 heteroatoms. The molecular weight excluding hydrogens is 424 g/mol. The van der Waals surface area contributed by atoms with E-state index in [2.05, 4.69) is 5.32 Å². The Balaban J connectivity index is 1.85. The Kier molecular flexibility index (Phi) is 6.21. The number of rotatable bonds is 7. The van der Waals surface area contributed by atoms with Crippen LogP contribution in [0.2, 0.25) is 0 Å². The lowest BCUT2D eigenvalue weighted by atomic mass is 10.1. The molecule has 162 valence electrons. The van der Waals surface area contributed by atoms with E-state index < -0.39 is 39.4 Å². The average molecular weight is 444 g/mol. The highest BCUT2D eigenvalue weighted by atomic mass is 32.2. The minimum atomic E-state index is -3.47. The first-order valence-corrected chi connectivity index (χ1v) is 11.4. The van der Waals surface area contributed by atoms with Crippen LogP contribution in [0.5, 0.6) is 5.75 Å². The molecule has 0 radical (unpaired) electrons. The molecule has 0 saturated carbocycles. The van der Waals surface area contributed by atoms with Crippen molar-refractivity contribution in [2.75, 3.05) is 17.3 Å². The standard InChI is InChI=1S/C21H20N2O7S/c1-13(24)22-14-7-9-15(10-8-14)30-21(27)18(11-12-31(2,28)29)23-19(25)16-5-3-4-6-17(16)20(23)26/h3-10,18H,11-12H2,1-2H3,(H,22,24)/t18-/m1/s1. The van der Waals surface area contributed by atoms with Crippen molar-refractivity contribution in [3.05, 3.63) is 59.7 Å². The number of nitrogens with one attached hydrogen (secondary N) is 1. The van der Waals surface area contributed by atoms with Gasteiger partial charge in [-0.1, -0.05) is 12.1 Å². The van der Waals surface area contributed by atoms with Crippen LogP contribution in [0.3, 0.4) is 0 Å². The van der Waals surface area contributed by atoms with Gasteiger partial charge in [0.25, 0.3) is 11.8 Å². The number of fused-ring (bicyclic) bond motifs is 1. The zero-order chi connectivity index (χ0) is 22.8. The lowest BCUT2D eigenvalue weighted by Gasteiger charge is -2.24. The molecule has 31 heavy (non-hydrogen) atoms. The number of nitrogens with zero attached hydrogens (tertiary/aromatic N) is 1. The number of sulfone groups is 1. The van der Waals surface area contributed by atoms with E-state index in [1.165, 1.54) is 43.3 Å². The van der Waals surface area contributed by atoms with E-state index in [9.17, 15) is 27.6 Å². The van der Waals surface area contributed by atoms with E-state index >= 15 is 0 Å². The summed E-state index contributed by atoms with van der Waals surface area (Å²) in [5.74, 6) is -2.88. The first-order chi connectivity index (χ1) is 14.6. The van der Waals surface area contributed by atoms with Crippen molar-refractivity contribution < 1.29 is 32.3 Å². The van der Waals surface area contributed by atoms with E-state index in [-0.39, 0.29) is 29.2 Å². The molecule has 9 nitrogen and oxygen atoms in total. The van der Waals surface area contributed by atoms with Crippen LogP contribution >= 0.6 is 0 Å². The molecular formula is C21H20N2O7S. The van der Waals surface area contributed by atoms with E-state index in [0.717, 1.165) is 11.2 Å². The molecule has 0 saturated heterocycles. The van der Waals surface area contributed by atoms with Gasteiger partial charge in [0, 0.05) is 18.9 Å². The topological polar surface area (TPSA) is 127 Å². The Morgan fingerprint density at radius 3 is 2.03 bits per heavy atom. The number of benzene rings is 2. The number of anilines is 1. The summed E-state index contributed by atoms with van der Waals surface area (Å²) in [5.41, 5.74) is 0.773. The van der Waals surface area contributed by atoms with Crippen molar-refractivity contribution in [2.24, 2.45) is 0 Å². The summed E-state index contributed by atoms with van der Waals surface area (Å²) in [5, 5.41) is 2.57. The second-order valence-electron chi connectivity index (χ2n) is 7.09. The van der Waals surface area contributed by atoms with Crippen molar-refractivity contribution in [3.63, 3.8) is 0 Å². The maximum atomic E-state index is 12.9. The van der Waals surface area contributed by atoms with Crippen LogP contribution < -0.4 is 10.1 Å². The molecule has 1 atom stereocenters. The Labute approximate surface area is 178 Å². The summed E-state index contributed by atoms with van der Waals surface area (Å²) in [7, 11) is -3.47. The third-order valence-electron chi connectivity index (χ3n) is 4.56. The van der Waals surface area contributed by atoms with Gasteiger partial charge < -0.3 is 10.1 Å². The van der Waals surface area contributed by atoms with Gasteiger partial charge in [-0.05, 0) is 42.8 Å². The number of carbonyl (C=O) groups excluding carboxylic acids is 4. The van der Waals surface area contributed by atoms with E-state index in [1.54, 1.807) is 12.1 Å². The number of hydrogen-bond donors (Lipinski definition) is 1. The van der Waals surface area contributed by atoms with Crippen LogP contribution in [0.25, 0.3) is 0 Å². The molecule has 0 fully saturated rings. The smallest absolute Gasteiger partial charge is 0.334 e. The molecule has 1 heterocycles. The minimum Gasteiger partial charge on any atom is -0.425 e. The Morgan fingerprint density at radius 1 is 1.00 bits per heavy atom. The van der Waals surface area contributed by atoms with Gasteiger partial charge in [-0.25, -0.2) is 13.2 Å². The quantitative estimate of drug-likeness (QED) is 0.391. The lowest BCUT2D eigenvalue weighted by Crippen LogP contribution is -2.47. The molecule has 0 aromatic heterocycles. The predicted octanol–water partition coefficient (Wildman–Crippen LogP) is 1.65. The van der Waals surface area contributed by atoms with Crippen LogP contribution in [0.15, 0.2) is 48.5 Å². The monoisotopic (exact) mass is 444 g/mol. The van der Waals surface area contributed by atoms with Gasteiger partial charge in [-0.2, -0.15) is 0 Å². The second kappa shape index (κ2) is 8.68. The SMILES string of the molecule is CC(=O)Nc1ccc(OC(=O)[C@@H](CCS(C)(=O)=O)N2C(=O)c3ccccc3C2=O)cc1. The number of carbonyl (C=O) groups is 4. The Hall–Kier alpha value is -3.53. The van der Waals surface area contributed by atoms with Crippen LogP contribution in [-0.2, 0) is 19.4 Å². The number of hydrogen-bond acceptors (Lipinski definition) is 7. The van der Waals surface area contributed by atoms with Crippen LogP contribution in [0, 0.1) is 0 Å². The highest BCUT2D eigenvalue weighted by Gasteiger charge is 2.43. The molecule has 2 aromatic rings. The molecule has 0 aliphatic carbocycles. The van der Waals surface area contributed by atoms with Gasteiger partial charge in [-0.15, -0.1) is 0 Å². The van der Waals surface area contributed by atoms with Crippen molar-refractivity contribution in [2.45, 2.75) is 19.4 Å². The largest absolute Gasteiger partial charge is 0.425 e. The van der Waals surface area contributed by atoms with Gasteiger partial charge in [-0.3, -0.25) is 19.3 Å². The van der Waals surface area contributed by atoms with Crippen molar-refractivity contribution in [3.8, 4) is 5.75 Å². The summed E-state index contributed by atoms with van der Waals surface area (Å²) >= 11 is 0. The Morgan fingerprint density at radius 2 is 1.55 bits per heavy atom.